The molecule has 1 aliphatic heterocycles. The SMILES string of the molecule is COC(=O)c1cccc(C2N=c3occc3=C(N)N2c2ccc(OC)cc2)c1. The number of nitrogens with two attached hydrogens (primary N) is 1. The lowest BCUT2D eigenvalue weighted by Crippen LogP contribution is -2.43. The van der Waals surface area contributed by atoms with Gasteiger partial charge in [0.2, 0.25) is 5.55 Å². The van der Waals surface area contributed by atoms with Crippen molar-refractivity contribution < 1.29 is 18.7 Å². The Labute approximate surface area is 161 Å². The first-order valence-corrected chi connectivity index (χ1v) is 8.65. The third kappa shape index (κ3) is 2.96. The highest BCUT2D eigenvalue weighted by atomic mass is 16.5. The fraction of sp³-hybridized carbons (Fsp3) is 0.143. The number of esters is 1. The van der Waals surface area contributed by atoms with Crippen molar-refractivity contribution in [1.82, 2.24) is 0 Å². The molecule has 0 amide bonds. The van der Waals surface area contributed by atoms with E-state index in [1.54, 1.807) is 37.6 Å². The van der Waals surface area contributed by atoms with Crippen molar-refractivity contribution in [2.24, 2.45) is 10.7 Å². The molecule has 1 aromatic heterocycles. The molecule has 3 aromatic rings. The number of methoxy groups -OCH3 is 2. The third-order valence-electron chi connectivity index (χ3n) is 4.62. The van der Waals surface area contributed by atoms with Crippen molar-refractivity contribution in [2.45, 2.75) is 6.17 Å². The lowest BCUT2D eigenvalue weighted by atomic mass is 10.1. The number of nitrogens with zero attached hydrogens (tertiary/aromatic N) is 2. The second-order valence-electron chi connectivity index (χ2n) is 6.21. The quantitative estimate of drug-likeness (QED) is 0.699. The average Bonchev–Trinajstić information content (AvgIpc) is 3.22. The van der Waals surface area contributed by atoms with Crippen LogP contribution in [0.1, 0.15) is 22.1 Å². The molecule has 0 bridgehead atoms. The zero-order valence-corrected chi connectivity index (χ0v) is 15.5. The van der Waals surface area contributed by atoms with Gasteiger partial charge in [-0.2, -0.15) is 0 Å². The van der Waals surface area contributed by atoms with Crippen LogP contribution in [0.15, 0.2) is 70.3 Å². The molecular weight excluding hydrogens is 358 g/mol. The number of carbonyl (C=O) groups is 1. The Balaban J connectivity index is 1.87. The molecule has 28 heavy (non-hydrogen) atoms. The van der Waals surface area contributed by atoms with Crippen LogP contribution < -0.4 is 26.1 Å². The molecule has 0 saturated carbocycles. The highest BCUT2D eigenvalue weighted by molar-refractivity contribution is 5.89. The van der Waals surface area contributed by atoms with Crippen molar-refractivity contribution in [3.05, 3.63) is 82.8 Å². The second-order valence-corrected chi connectivity index (χ2v) is 6.21. The molecule has 0 fully saturated rings. The van der Waals surface area contributed by atoms with Crippen LogP contribution in [-0.4, -0.2) is 20.2 Å². The second kappa shape index (κ2) is 7.11. The molecule has 0 saturated heterocycles. The minimum atomic E-state index is -0.503. The molecule has 1 aliphatic rings. The van der Waals surface area contributed by atoms with E-state index in [9.17, 15) is 4.79 Å². The third-order valence-corrected chi connectivity index (χ3v) is 4.62. The Morgan fingerprint density at radius 3 is 2.64 bits per heavy atom. The van der Waals surface area contributed by atoms with Crippen molar-refractivity contribution in [3.63, 3.8) is 0 Å². The van der Waals surface area contributed by atoms with E-state index in [-0.39, 0.29) is 0 Å². The normalized spacial score (nSPS) is 15.6. The van der Waals surface area contributed by atoms with Crippen LogP contribution in [0.25, 0.3) is 5.82 Å². The van der Waals surface area contributed by atoms with Crippen LogP contribution >= 0.6 is 0 Å². The van der Waals surface area contributed by atoms with Gasteiger partial charge in [-0.1, -0.05) is 12.1 Å². The number of carbonyl (C=O) groups excluding carboxylic acids is 1. The maximum atomic E-state index is 12.0. The van der Waals surface area contributed by atoms with Gasteiger partial charge in [-0.3, -0.25) is 0 Å². The van der Waals surface area contributed by atoms with Crippen LogP contribution in [0, 0.1) is 0 Å². The van der Waals surface area contributed by atoms with Gasteiger partial charge in [0.05, 0.1) is 31.3 Å². The molecule has 142 valence electrons. The van der Waals surface area contributed by atoms with Crippen LogP contribution in [0.4, 0.5) is 5.69 Å². The Morgan fingerprint density at radius 1 is 1.14 bits per heavy atom. The van der Waals surface area contributed by atoms with E-state index in [4.69, 9.17) is 24.6 Å². The summed E-state index contributed by atoms with van der Waals surface area (Å²) < 4.78 is 15.6. The summed E-state index contributed by atoms with van der Waals surface area (Å²) in [6.45, 7) is 0. The highest BCUT2D eigenvalue weighted by Gasteiger charge is 2.27. The first-order chi connectivity index (χ1) is 13.6. The zero-order valence-electron chi connectivity index (χ0n) is 15.5. The summed E-state index contributed by atoms with van der Waals surface area (Å²) in [7, 11) is 2.97. The number of ether oxygens (including phenoxy) is 2. The molecule has 1 atom stereocenters. The fourth-order valence-electron chi connectivity index (χ4n) is 3.22. The topological polar surface area (TPSA) is 90.3 Å². The minimum absolute atomic E-state index is 0.413. The molecule has 0 radical (unpaired) electrons. The smallest absolute Gasteiger partial charge is 0.337 e. The van der Waals surface area contributed by atoms with Gasteiger partial charge >= 0.3 is 5.97 Å². The molecular formula is C21H19N3O4. The summed E-state index contributed by atoms with van der Waals surface area (Å²) in [5.74, 6) is 0.839. The first kappa shape index (κ1) is 17.7. The van der Waals surface area contributed by atoms with E-state index in [2.05, 4.69) is 0 Å². The van der Waals surface area contributed by atoms with Crippen molar-refractivity contribution in [2.75, 3.05) is 19.1 Å². The van der Waals surface area contributed by atoms with Gasteiger partial charge in [0.25, 0.3) is 0 Å². The predicted molar refractivity (Wildman–Crippen MR) is 103 cm³/mol. The van der Waals surface area contributed by atoms with E-state index >= 15 is 0 Å². The Kier molecular flexibility index (Phi) is 4.49. The Hall–Kier alpha value is -3.74. The van der Waals surface area contributed by atoms with E-state index in [0.717, 1.165) is 22.2 Å². The lowest BCUT2D eigenvalue weighted by molar-refractivity contribution is 0.0600. The minimum Gasteiger partial charge on any atom is -0.497 e. The first-order valence-electron chi connectivity index (χ1n) is 8.65. The van der Waals surface area contributed by atoms with Crippen LogP contribution in [0.3, 0.4) is 0 Å². The summed E-state index contributed by atoms with van der Waals surface area (Å²) in [5.41, 5.74) is 9.00. The molecule has 0 aliphatic carbocycles. The maximum absolute atomic E-state index is 12.0. The summed E-state index contributed by atoms with van der Waals surface area (Å²) in [6, 6.07) is 16.4. The van der Waals surface area contributed by atoms with Gasteiger partial charge in [-0.15, -0.1) is 0 Å². The van der Waals surface area contributed by atoms with E-state index in [0.29, 0.717) is 16.9 Å². The fourth-order valence-corrected chi connectivity index (χ4v) is 3.22. The largest absolute Gasteiger partial charge is 0.497 e. The number of anilines is 1. The molecule has 7 nitrogen and oxygen atoms in total. The van der Waals surface area contributed by atoms with Crippen molar-refractivity contribution >= 4 is 17.5 Å². The van der Waals surface area contributed by atoms with E-state index in [1.807, 2.05) is 35.2 Å². The summed E-state index contributed by atoms with van der Waals surface area (Å²) in [5, 5.41) is 0.719. The van der Waals surface area contributed by atoms with Gasteiger partial charge in [0, 0.05) is 5.69 Å². The number of fused-ring (bicyclic) bond motifs is 1. The Morgan fingerprint density at radius 2 is 1.93 bits per heavy atom. The number of hydrogen-bond donors (Lipinski definition) is 1. The van der Waals surface area contributed by atoms with Crippen LogP contribution in [-0.2, 0) is 4.74 Å². The molecule has 7 heteroatoms. The van der Waals surface area contributed by atoms with Gasteiger partial charge in [-0.25, -0.2) is 9.79 Å². The van der Waals surface area contributed by atoms with Gasteiger partial charge in [0.1, 0.15) is 11.6 Å². The average molecular weight is 377 g/mol. The van der Waals surface area contributed by atoms with Crippen LogP contribution in [0.2, 0.25) is 0 Å². The van der Waals surface area contributed by atoms with Crippen molar-refractivity contribution in [3.8, 4) is 5.75 Å². The van der Waals surface area contributed by atoms with Crippen molar-refractivity contribution in [1.29, 1.82) is 0 Å². The molecule has 2 heterocycles. The van der Waals surface area contributed by atoms with E-state index in [1.165, 1.54) is 7.11 Å². The monoisotopic (exact) mass is 377 g/mol. The maximum Gasteiger partial charge on any atom is 0.337 e. The molecule has 2 N–H and O–H groups in total. The number of furan rings is 1. The molecule has 0 spiro atoms. The van der Waals surface area contributed by atoms with Gasteiger partial charge < -0.3 is 24.5 Å². The van der Waals surface area contributed by atoms with Crippen LogP contribution in [0.5, 0.6) is 5.75 Å². The highest BCUT2D eigenvalue weighted by Crippen LogP contribution is 2.33. The molecule has 4 rings (SSSR count). The predicted octanol–water partition coefficient (Wildman–Crippen LogP) is 1.94. The number of rotatable bonds is 4. The summed E-state index contributed by atoms with van der Waals surface area (Å²) in [6.07, 6.45) is 1.05. The summed E-state index contributed by atoms with van der Waals surface area (Å²) >= 11 is 0. The molecule has 2 aromatic carbocycles. The molecule has 1 unspecified atom stereocenters. The van der Waals surface area contributed by atoms with E-state index < -0.39 is 12.1 Å². The number of hydrogen-bond acceptors (Lipinski definition) is 7. The summed E-state index contributed by atoms with van der Waals surface area (Å²) in [4.78, 5) is 18.6. The van der Waals surface area contributed by atoms with Gasteiger partial charge in [0.15, 0.2) is 6.17 Å². The standard InChI is InChI=1S/C21H19N3O4/c1-26-16-8-6-15(7-9-16)24-18(22)17-10-11-28-20(17)23-19(24)13-4-3-5-14(12-13)21(25)27-2/h3-12,19H,22H2,1-2H3. The lowest BCUT2D eigenvalue weighted by Gasteiger charge is -2.33. The number of benzene rings is 2. The zero-order chi connectivity index (χ0) is 19.7. The Bertz CT molecular complexity index is 1130. The van der Waals surface area contributed by atoms with Gasteiger partial charge in [-0.05, 0) is 48.0 Å².